The minimum absolute atomic E-state index is 0.726. The van der Waals surface area contributed by atoms with Gasteiger partial charge in [-0.1, -0.05) is 43.0 Å². The lowest BCUT2D eigenvalue weighted by atomic mass is 9.83. The Bertz CT molecular complexity index is 463. The number of aryl methyl sites for hydroxylation is 2. The van der Waals surface area contributed by atoms with Crippen LogP contribution in [-0.4, -0.2) is 30.6 Å². The van der Waals surface area contributed by atoms with E-state index in [-0.39, 0.29) is 0 Å². The molecule has 116 valence electrons. The van der Waals surface area contributed by atoms with Crippen LogP contribution in [0, 0.1) is 19.8 Å². The van der Waals surface area contributed by atoms with E-state index in [1.54, 1.807) is 0 Å². The molecular formula is C19H30N2. The van der Waals surface area contributed by atoms with Crippen LogP contribution in [-0.2, 0) is 6.54 Å². The van der Waals surface area contributed by atoms with Crippen molar-refractivity contribution in [3.8, 4) is 0 Å². The van der Waals surface area contributed by atoms with Gasteiger partial charge in [-0.2, -0.15) is 0 Å². The van der Waals surface area contributed by atoms with E-state index in [1.807, 2.05) is 0 Å². The molecule has 1 aromatic rings. The maximum absolute atomic E-state index is 3.79. The van der Waals surface area contributed by atoms with Crippen LogP contribution in [0.4, 0.5) is 0 Å². The van der Waals surface area contributed by atoms with Crippen molar-refractivity contribution >= 4 is 0 Å². The second-order valence-corrected chi connectivity index (χ2v) is 7.12. The van der Waals surface area contributed by atoms with Crippen molar-refractivity contribution in [1.29, 1.82) is 0 Å². The van der Waals surface area contributed by atoms with E-state index in [0.29, 0.717) is 0 Å². The molecule has 1 N–H and O–H groups in total. The summed E-state index contributed by atoms with van der Waals surface area (Å²) in [4.78, 5) is 2.66. The molecule has 1 aliphatic carbocycles. The van der Waals surface area contributed by atoms with E-state index in [1.165, 1.54) is 61.9 Å². The summed E-state index contributed by atoms with van der Waals surface area (Å²) in [6.45, 7) is 9.15. The van der Waals surface area contributed by atoms with Gasteiger partial charge in [-0.05, 0) is 43.7 Å². The third kappa shape index (κ3) is 3.87. The molecule has 1 aliphatic heterocycles. The third-order valence-corrected chi connectivity index (χ3v) is 5.41. The fraction of sp³-hybridized carbons (Fsp3) is 0.684. The van der Waals surface area contributed by atoms with Crippen LogP contribution in [0.25, 0.3) is 0 Å². The first-order valence-corrected chi connectivity index (χ1v) is 8.74. The highest BCUT2D eigenvalue weighted by Crippen LogP contribution is 2.28. The highest BCUT2D eigenvalue weighted by atomic mass is 15.2. The number of nitrogens with zero attached hydrogens (tertiary/aromatic N) is 1. The van der Waals surface area contributed by atoms with Gasteiger partial charge in [0.1, 0.15) is 0 Å². The Hall–Kier alpha value is -0.860. The van der Waals surface area contributed by atoms with Gasteiger partial charge in [-0.15, -0.1) is 0 Å². The number of piperazine rings is 1. The van der Waals surface area contributed by atoms with Crippen molar-refractivity contribution in [3.63, 3.8) is 0 Å². The predicted octanol–water partition coefficient (Wildman–Crippen LogP) is 3.66. The monoisotopic (exact) mass is 286 g/mol. The summed E-state index contributed by atoms with van der Waals surface area (Å²) < 4.78 is 0. The van der Waals surface area contributed by atoms with Gasteiger partial charge >= 0.3 is 0 Å². The van der Waals surface area contributed by atoms with Crippen molar-refractivity contribution in [3.05, 3.63) is 34.9 Å². The van der Waals surface area contributed by atoms with Gasteiger partial charge in [-0.3, -0.25) is 4.90 Å². The molecule has 2 fully saturated rings. The first-order chi connectivity index (χ1) is 10.2. The molecule has 3 rings (SSSR count). The van der Waals surface area contributed by atoms with Crippen LogP contribution in [0.5, 0.6) is 0 Å². The summed E-state index contributed by atoms with van der Waals surface area (Å²) in [7, 11) is 0. The van der Waals surface area contributed by atoms with Crippen LogP contribution in [0.2, 0.25) is 0 Å². The molecule has 21 heavy (non-hydrogen) atoms. The van der Waals surface area contributed by atoms with Gasteiger partial charge in [-0.25, -0.2) is 0 Å². The maximum Gasteiger partial charge on any atom is 0.0237 e. The Labute approximate surface area is 129 Å². The summed E-state index contributed by atoms with van der Waals surface area (Å²) in [5.74, 6) is 0.917. The molecule has 0 bridgehead atoms. The number of nitrogens with one attached hydrogen (secondary N) is 1. The summed E-state index contributed by atoms with van der Waals surface area (Å²) in [5, 5.41) is 3.79. The highest BCUT2D eigenvalue weighted by molar-refractivity contribution is 5.30. The zero-order chi connectivity index (χ0) is 14.7. The first-order valence-electron chi connectivity index (χ1n) is 8.74. The summed E-state index contributed by atoms with van der Waals surface area (Å²) in [6.07, 6.45) is 7.22. The molecule has 1 aromatic carbocycles. The van der Waals surface area contributed by atoms with Crippen molar-refractivity contribution in [1.82, 2.24) is 10.2 Å². The standard InChI is InChI=1S/C19H30N2/c1-15-8-9-16(2)18(12-15)13-21-11-10-20-19(14-21)17-6-4-3-5-7-17/h8-9,12,17,19-20H,3-7,10-11,13-14H2,1-2H3. The van der Waals surface area contributed by atoms with Crippen LogP contribution in [0.3, 0.4) is 0 Å². The van der Waals surface area contributed by atoms with E-state index in [9.17, 15) is 0 Å². The molecule has 2 heteroatoms. The Morgan fingerprint density at radius 3 is 2.76 bits per heavy atom. The van der Waals surface area contributed by atoms with Crippen LogP contribution < -0.4 is 5.32 Å². The smallest absolute Gasteiger partial charge is 0.0237 e. The number of benzene rings is 1. The second-order valence-electron chi connectivity index (χ2n) is 7.12. The normalized spacial score (nSPS) is 25.1. The molecule has 0 radical (unpaired) electrons. The zero-order valence-electron chi connectivity index (χ0n) is 13.7. The van der Waals surface area contributed by atoms with E-state index in [4.69, 9.17) is 0 Å². The molecule has 0 amide bonds. The van der Waals surface area contributed by atoms with Gasteiger partial charge in [0.15, 0.2) is 0 Å². The van der Waals surface area contributed by atoms with Gasteiger partial charge in [0.25, 0.3) is 0 Å². The van der Waals surface area contributed by atoms with Crippen molar-refractivity contribution in [2.75, 3.05) is 19.6 Å². The van der Waals surface area contributed by atoms with Crippen molar-refractivity contribution < 1.29 is 0 Å². The van der Waals surface area contributed by atoms with E-state index in [0.717, 1.165) is 25.0 Å². The molecule has 2 nitrogen and oxygen atoms in total. The molecule has 0 spiro atoms. The highest BCUT2D eigenvalue weighted by Gasteiger charge is 2.27. The Morgan fingerprint density at radius 1 is 1.14 bits per heavy atom. The summed E-state index contributed by atoms with van der Waals surface area (Å²) in [5.41, 5.74) is 4.34. The van der Waals surface area contributed by atoms with Crippen molar-refractivity contribution in [2.45, 2.75) is 58.5 Å². The van der Waals surface area contributed by atoms with E-state index >= 15 is 0 Å². The lowest BCUT2D eigenvalue weighted by molar-refractivity contribution is 0.141. The van der Waals surface area contributed by atoms with Crippen LogP contribution in [0.15, 0.2) is 18.2 Å². The van der Waals surface area contributed by atoms with E-state index in [2.05, 4.69) is 42.3 Å². The van der Waals surface area contributed by atoms with Crippen molar-refractivity contribution in [2.24, 2.45) is 5.92 Å². The molecule has 2 aliphatic rings. The average Bonchev–Trinajstić information content (AvgIpc) is 2.52. The van der Waals surface area contributed by atoms with Gasteiger partial charge in [0, 0.05) is 32.2 Å². The zero-order valence-corrected chi connectivity index (χ0v) is 13.7. The second kappa shape index (κ2) is 6.93. The van der Waals surface area contributed by atoms with E-state index < -0.39 is 0 Å². The lowest BCUT2D eigenvalue weighted by Crippen LogP contribution is -2.53. The van der Waals surface area contributed by atoms with Gasteiger partial charge < -0.3 is 5.32 Å². The molecule has 1 atom stereocenters. The summed E-state index contributed by atoms with van der Waals surface area (Å²) >= 11 is 0. The Balaban J connectivity index is 1.61. The Morgan fingerprint density at radius 2 is 1.95 bits per heavy atom. The summed E-state index contributed by atoms with van der Waals surface area (Å²) in [6, 6.07) is 7.59. The fourth-order valence-corrected chi connectivity index (χ4v) is 4.05. The predicted molar refractivity (Wildman–Crippen MR) is 89.6 cm³/mol. The minimum Gasteiger partial charge on any atom is -0.311 e. The molecular weight excluding hydrogens is 256 g/mol. The minimum atomic E-state index is 0.726. The molecule has 1 saturated carbocycles. The van der Waals surface area contributed by atoms with Crippen LogP contribution in [0.1, 0.15) is 48.8 Å². The number of rotatable bonds is 3. The number of hydrogen-bond acceptors (Lipinski definition) is 2. The average molecular weight is 286 g/mol. The number of hydrogen-bond donors (Lipinski definition) is 1. The first kappa shape index (κ1) is 15.1. The molecule has 0 aromatic heterocycles. The fourth-order valence-electron chi connectivity index (χ4n) is 4.05. The lowest BCUT2D eigenvalue weighted by Gasteiger charge is -2.39. The Kier molecular flexibility index (Phi) is 4.97. The molecule has 1 heterocycles. The quantitative estimate of drug-likeness (QED) is 0.912. The third-order valence-electron chi connectivity index (χ3n) is 5.41. The largest absolute Gasteiger partial charge is 0.311 e. The maximum atomic E-state index is 3.79. The SMILES string of the molecule is Cc1ccc(C)c(CN2CCNC(C3CCCCC3)C2)c1. The van der Waals surface area contributed by atoms with Gasteiger partial charge in [0.2, 0.25) is 0 Å². The molecule has 1 saturated heterocycles. The molecule has 1 unspecified atom stereocenters. The van der Waals surface area contributed by atoms with Gasteiger partial charge in [0.05, 0.1) is 0 Å². The topological polar surface area (TPSA) is 15.3 Å². The van der Waals surface area contributed by atoms with Crippen LogP contribution >= 0.6 is 0 Å².